The Labute approximate surface area is 145 Å². The van der Waals surface area contributed by atoms with Crippen molar-refractivity contribution in [3.63, 3.8) is 0 Å². The van der Waals surface area contributed by atoms with Crippen molar-refractivity contribution in [3.05, 3.63) is 27.7 Å². The summed E-state index contributed by atoms with van der Waals surface area (Å²) in [4.78, 5) is 17.1. The summed E-state index contributed by atoms with van der Waals surface area (Å²) >= 11 is 1.52. The highest BCUT2D eigenvalue weighted by atomic mass is 35.5. The molecular formula is C15H22ClN5OS. The molecule has 1 aliphatic heterocycles. The topological polar surface area (TPSA) is 82.7 Å². The highest BCUT2D eigenvalue weighted by Gasteiger charge is 2.23. The Balaban J connectivity index is 0.00000192. The van der Waals surface area contributed by atoms with Crippen LogP contribution < -0.4 is 10.6 Å². The summed E-state index contributed by atoms with van der Waals surface area (Å²) in [5, 5.41) is 15.3. The molecule has 1 amide bonds. The van der Waals surface area contributed by atoms with E-state index in [9.17, 15) is 4.79 Å². The van der Waals surface area contributed by atoms with Crippen LogP contribution in [0.1, 0.15) is 46.3 Å². The first-order valence-electron chi connectivity index (χ1n) is 7.59. The molecular weight excluding hydrogens is 334 g/mol. The molecule has 6 nitrogen and oxygen atoms in total. The number of H-pyrrole nitrogens is 1. The van der Waals surface area contributed by atoms with Crippen LogP contribution in [0.25, 0.3) is 0 Å². The van der Waals surface area contributed by atoms with Gasteiger partial charge in [-0.05, 0) is 19.3 Å². The van der Waals surface area contributed by atoms with Gasteiger partial charge in [0.25, 0.3) is 5.91 Å². The summed E-state index contributed by atoms with van der Waals surface area (Å²) in [7, 11) is 0. The molecule has 0 radical (unpaired) electrons. The molecule has 1 aliphatic rings. The van der Waals surface area contributed by atoms with Crippen LogP contribution in [0.4, 0.5) is 5.00 Å². The first-order chi connectivity index (χ1) is 10.5. The van der Waals surface area contributed by atoms with Gasteiger partial charge in [0.1, 0.15) is 5.00 Å². The van der Waals surface area contributed by atoms with Gasteiger partial charge in [0.2, 0.25) is 0 Å². The van der Waals surface area contributed by atoms with Gasteiger partial charge in [-0.3, -0.25) is 9.89 Å². The number of fused-ring (bicyclic) bond motifs is 1. The maximum Gasteiger partial charge on any atom is 0.277 e. The molecule has 3 rings (SSSR count). The number of aryl methyl sites for hydroxylation is 1. The number of carbonyl (C=O) groups is 1. The lowest BCUT2D eigenvalue weighted by molar-refractivity contribution is 0.102. The van der Waals surface area contributed by atoms with Crippen molar-refractivity contribution < 1.29 is 4.79 Å². The van der Waals surface area contributed by atoms with Crippen molar-refractivity contribution in [2.45, 2.75) is 40.2 Å². The van der Waals surface area contributed by atoms with Crippen LogP contribution in [0.15, 0.2) is 0 Å². The Morgan fingerprint density at radius 1 is 1.43 bits per heavy atom. The average molecular weight is 356 g/mol. The van der Waals surface area contributed by atoms with Crippen molar-refractivity contribution >= 4 is 34.7 Å². The third-order valence-corrected chi connectivity index (χ3v) is 4.58. The molecule has 0 fully saturated rings. The number of rotatable bonds is 4. The summed E-state index contributed by atoms with van der Waals surface area (Å²) in [6.45, 7) is 7.87. The fraction of sp³-hybridized carbons (Fsp3) is 0.533. The highest BCUT2D eigenvalue weighted by Crippen LogP contribution is 2.27. The molecule has 0 aromatic carbocycles. The number of hydrogen-bond donors (Lipinski definition) is 3. The highest BCUT2D eigenvalue weighted by molar-refractivity contribution is 7.16. The molecule has 0 bridgehead atoms. The molecule has 0 saturated heterocycles. The van der Waals surface area contributed by atoms with Gasteiger partial charge in [-0.25, -0.2) is 4.98 Å². The Morgan fingerprint density at radius 2 is 2.22 bits per heavy atom. The molecule has 0 spiro atoms. The minimum atomic E-state index is -0.158. The van der Waals surface area contributed by atoms with Crippen molar-refractivity contribution in [1.29, 1.82) is 0 Å². The third kappa shape index (κ3) is 3.91. The van der Waals surface area contributed by atoms with Crippen molar-refractivity contribution in [3.8, 4) is 0 Å². The molecule has 0 aliphatic carbocycles. The van der Waals surface area contributed by atoms with E-state index in [-0.39, 0.29) is 18.3 Å². The second-order valence-corrected chi connectivity index (χ2v) is 7.22. The minimum Gasteiger partial charge on any atom is -0.312 e. The fourth-order valence-corrected chi connectivity index (χ4v) is 3.51. The molecule has 3 N–H and O–H groups in total. The lowest BCUT2D eigenvalue weighted by atomic mass is 10.1. The van der Waals surface area contributed by atoms with E-state index >= 15 is 0 Å². The molecule has 126 valence electrons. The summed E-state index contributed by atoms with van der Waals surface area (Å²) in [6.07, 6.45) is 1.74. The predicted octanol–water partition coefficient (Wildman–Crippen LogP) is 2.69. The Bertz CT molecular complexity index is 694. The van der Waals surface area contributed by atoms with Gasteiger partial charge in [-0.1, -0.05) is 13.8 Å². The van der Waals surface area contributed by atoms with Gasteiger partial charge in [0.15, 0.2) is 5.69 Å². The van der Waals surface area contributed by atoms with E-state index in [1.807, 2.05) is 6.92 Å². The molecule has 0 atom stereocenters. The van der Waals surface area contributed by atoms with Gasteiger partial charge < -0.3 is 10.6 Å². The van der Waals surface area contributed by atoms with Crippen LogP contribution in [0.5, 0.6) is 0 Å². The number of amides is 1. The molecule has 23 heavy (non-hydrogen) atoms. The normalized spacial score (nSPS) is 13.6. The summed E-state index contributed by atoms with van der Waals surface area (Å²) in [6, 6.07) is 0. The Hall–Kier alpha value is -1.44. The standard InChI is InChI=1S/C15H21N5OS.ClH/c1-8(2)6-12-15(22-9(3)17-12)18-14(21)13-10-7-16-5-4-11(10)19-20-13;/h8,16H,4-7H2,1-3H3,(H,18,21)(H,19,20);1H. The maximum absolute atomic E-state index is 12.6. The van der Waals surface area contributed by atoms with Crippen LogP contribution in [0.3, 0.4) is 0 Å². The molecule has 8 heteroatoms. The molecule has 0 unspecified atom stereocenters. The van der Waals surface area contributed by atoms with E-state index in [0.717, 1.165) is 46.3 Å². The van der Waals surface area contributed by atoms with E-state index in [1.165, 1.54) is 11.3 Å². The number of halogens is 1. The monoisotopic (exact) mass is 355 g/mol. The summed E-state index contributed by atoms with van der Waals surface area (Å²) < 4.78 is 0. The predicted molar refractivity (Wildman–Crippen MR) is 94.6 cm³/mol. The van der Waals surface area contributed by atoms with E-state index in [1.54, 1.807) is 0 Å². The number of nitrogens with one attached hydrogen (secondary N) is 3. The fourth-order valence-electron chi connectivity index (χ4n) is 2.67. The van der Waals surface area contributed by atoms with Crippen LogP contribution in [0, 0.1) is 12.8 Å². The van der Waals surface area contributed by atoms with E-state index in [2.05, 4.69) is 39.7 Å². The van der Waals surface area contributed by atoms with Gasteiger partial charge in [0, 0.05) is 30.8 Å². The number of anilines is 1. The van der Waals surface area contributed by atoms with Crippen LogP contribution >= 0.6 is 23.7 Å². The van der Waals surface area contributed by atoms with Gasteiger partial charge >= 0.3 is 0 Å². The van der Waals surface area contributed by atoms with E-state index < -0.39 is 0 Å². The van der Waals surface area contributed by atoms with E-state index in [4.69, 9.17) is 0 Å². The number of aromatic amines is 1. The largest absolute Gasteiger partial charge is 0.312 e. The summed E-state index contributed by atoms with van der Waals surface area (Å²) in [5.41, 5.74) is 3.50. The van der Waals surface area contributed by atoms with Gasteiger partial charge in [-0.15, -0.1) is 23.7 Å². The minimum absolute atomic E-state index is 0. The summed E-state index contributed by atoms with van der Waals surface area (Å²) in [5.74, 6) is 0.342. The first kappa shape index (κ1) is 17.9. The number of carbonyl (C=O) groups excluding carboxylic acids is 1. The molecule has 3 heterocycles. The van der Waals surface area contributed by atoms with Crippen LogP contribution in [0.2, 0.25) is 0 Å². The maximum atomic E-state index is 12.6. The second-order valence-electron chi connectivity index (χ2n) is 6.02. The number of aromatic nitrogens is 3. The zero-order chi connectivity index (χ0) is 15.7. The SMILES string of the molecule is Cc1nc(CC(C)C)c(NC(=O)c2n[nH]c3c2CNCC3)s1.Cl. The molecule has 2 aromatic heterocycles. The second kappa shape index (κ2) is 7.42. The molecule has 0 saturated carbocycles. The number of thiazole rings is 1. The van der Waals surface area contributed by atoms with Crippen LogP contribution in [-0.2, 0) is 19.4 Å². The first-order valence-corrected chi connectivity index (χ1v) is 8.40. The van der Waals surface area contributed by atoms with Crippen molar-refractivity contribution in [2.75, 3.05) is 11.9 Å². The Morgan fingerprint density at radius 3 is 2.96 bits per heavy atom. The lowest BCUT2D eigenvalue weighted by Crippen LogP contribution is -2.25. The van der Waals surface area contributed by atoms with Crippen molar-refractivity contribution in [2.24, 2.45) is 5.92 Å². The van der Waals surface area contributed by atoms with E-state index in [0.29, 0.717) is 18.2 Å². The smallest absolute Gasteiger partial charge is 0.277 e. The quantitative estimate of drug-likeness (QED) is 0.787. The van der Waals surface area contributed by atoms with Gasteiger partial charge in [-0.2, -0.15) is 5.10 Å². The Kier molecular flexibility index (Phi) is 5.78. The van der Waals surface area contributed by atoms with Crippen molar-refractivity contribution in [1.82, 2.24) is 20.5 Å². The zero-order valence-corrected chi connectivity index (χ0v) is 15.2. The number of hydrogen-bond acceptors (Lipinski definition) is 5. The lowest BCUT2D eigenvalue weighted by Gasteiger charge is -2.12. The molecule has 2 aromatic rings. The van der Waals surface area contributed by atoms with Gasteiger partial charge in [0.05, 0.1) is 10.7 Å². The third-order valence-electron chi connectivity index (χ3n) is 3.65. The van der Waals surface area contributed by atoms with Crippen LogP contribution in [-0.4, -0.2) is 27.6 Å². The number of nitrogens with zero attached hydrogens (tertiary/aromatic N) is 2. The zero-order valence-electron chi connectivity index (χ0n) is 13.5. The average Bonchev–Trinajstić information content (AvgIpc) is 3.02.